The second-order valence-electron chi connectivity index (χ2n) is 4.91. The molecular weight excluding hydrogens is 236 g/mol. The first kappa shape index (κ1) is 13.3. The van der Waals surface area contributed by atoms with Crippen LogP contribution in [0.4, 0.5) is 8.78 Å². The summed E-state index contributed by atoms with van der Waals surface area (Å²) < 4.78 is 31.9. The molecule has 0 aliphatic carbocycles. The van der Waals surface area contributed by atoms with Gasteiger partial charge in [-0.1, -0.05) is 0 Å². The summed E-state index contributed by atoms with van der Waals surface area (Å²) in [7, 11) is 1.57. The van der Waals surface area contributed by atoms with Gasteiger partial charge in [-0.25, -0.2) is 8.78 Å². The number of methoxy groups -OCH3 is 1. The normalized spacial score (nSPS) is 20.1. The van der Waals surface area contributed by atoms with Crippen LogP contribution in [0.25, 0.3) is 0 Å². The van der Waals surface area contributed by atoms with Crippen molar-refractivity contribution in [3.63, 3.8) is 0 Å². The van der Waals surface area contributed by atoms with E-state index in [9.17, 15) is 8.78 Å². The highest BCUT2D eigenvalue weighted by molar-refractivity contribution is 5.39. The Kier molecular flexibility index (Phi) is 3.85. The average molecular weight is 255 g/mol. The molecule has 1 atom stereocenters. The molecule has 0 saturated carbocycles. The van der Waals surface area contributed by atoms with Crippen molar-refractivity contribution in [3.05, 3.63) is 29.3 Å². The third-order valence-corrected chi connectivity index (χ3v) is 3.42. The van der Waals surface area contributed by atoms with Gasteiger partial charge in [0, 0.05) is 18.5 Å². The fourth-order valence-corrected chi connectivity index (χ4v) is 2.41. The van der Waals surface area contributed by atoms with Crippen LogP contribution < -0.4 is 10.1 Å². The molecule has 100 valence electrons. The van der Waals surface area contributed by atoms with Crippen LogP contribution >= 0.6 is 0 Å². The molecule has 18 heavy (non-hydrogen) atoms. The monoisotopic (exact) mass is 255 g/mol. The number of ether oxygens (including phenoxy) is 1. The van der Waals surface area contributed by atoms with E-state index in [1.54, 1.807) is 19.2 Å². The van der Waals surface area contributed by atoms with Crippen molar-refractivity contribution in [1.82, 2.24) is 5.32 Å². The Morgan fingerprint density at radius 1 is 1.44 bits per heavy atom. The summed E-state index contributed by atoms with van der Waals surface area (Å²) in [5.41, 5.74) is 0.909. The first-order chi connectivity index (χ1) is 8.50. The highest BCUT2D eigenvalue weighted by atomic mass is 19.3. The Labute approximate surface area is 106 Å². The zero-order valence-corrected chi connectivity index (χ0v) is 10.8. The second kappa shape index (κ2) is 5.22. The summed E-state index contributed by atoms with van der Waals surface area (Å²) >= 11 is 0. The zero-order chi connectivity index (χ0) is 13.2. The lowest BCUT2D eigenvalue weighted by molar-refractivity contribution is 0.0173. The zero-order valence-electron chi connectivity index (χ0n) is 10.8. The van der Waals surface area contributed by atoms with Crippen LogP contribution in [0.3, 0.4) is 0 Å². The molecule has 0 aromatic heterocycles. The van der Waals surface area contributed by atoms with Gasteiger partial charge in [0.1, 0.15) is 5.75 Å². The topological polar surface area (TPSA) is 21.3 Å². The van der Waals surface area contributed by atoms with Crippen LogP contribution in [-0.4, -0.2) is 19.7 Å². The predicted molar refractivity (Wildman–Crippen MR) is 67.3 cm³/mol. The van der Waals surface area contributed by atoms with E-state index in [0.717, 1.165) is 38.3 Å². The van der Waals surface area contributed by atoms with E-state index >= 15 is 0 Å². The summed E-state index contributed by atoms with van der Waals surface area (Å²) in [5.74, 6) is -2.11. The van der Waals surface area contributed by atoms with E-state index in [0.29, 0.717) is 11.8 Å². The molecule has 1 N–H and O–H groups in total. The van der Waals surface area contributed by atoms with Crippen molar-refractivity contribution in [2.45, 2.75) is 38.2 Å². The van der Waals surface area contributed by atoms with Crippen molar-refractivity contribution in [3.8, 4) is 5.75 Å². The van der Waals surface area contributed by atoms with E-state index in [4.69, 9.17) is 4.74 Å². The van der Waals surface area contributed by atoms with Gasteiger partial charge in [-0.05, 0) is 49.6 Å². The fourth-order valence-electron chi connectivity index (χ4n) is 2.41. The Morgan fingerprint density at radius 3 is 2.78 bits per heavy atom. The van der Waals surface area contributed by atoms with E-state index in [1.807, 2.05) is 0 Å². The predicted octanol–water partition coefficient (Wildman–Crippen LogP) is 3.10. The number of alkyl halides is 2. The van der Waals surface area contributed by atoms with Crippen LogP contribution in [0.15, 0.2) is 18.2 Å². The Morgan fingerprint density at radius 2 is 2.22 bits per heavy atom. The molecule has 4 heteroatoms. The SMILES string of the molecule is COc1ccc(C(C)(F)F)cc1CC1CCCN1. The quantitative estimate of drug-likeness (QED) is 0.892. The highest BCUT2D eigenvalue weighted by Crippen LogP contribution is 2.31. The summed E-state index contributed by atoms with van der Waals surface area (Å²) in [6.45, 7) is 1.93. The Hall–Kier alpha value is -1.16. The molecule has 1 fully saturated rings. The number of halogens is 2. The van der Waals surface area contributed by atoms with Crippen LogP contribution in [0, 0.1) is 0 Å². The summed E-state index contributed by atoms with van der Waals surface area (Å²) in [6, 6.07) is 5.01. The third-order valence-electron chi connectivity index (χ3n) is 3.42. The molecule has 2 rings (SSSR count). The number of nitrogens with one attached hydrogen (secondary N) is 1. The fraction of sp³-hybridized carbons (Fsp3) is 0.571. The van der Waals surface area contributed by atoms with Crippen LogP contribution in [0.2, 0.25) is 0 Å². The maximum atomic E-state index is 13.3. The van der Waals surface area contributed by atoms with Gasteiger partial charge >= 0.3 is 0 Å². The molecule has 1 aliphatic heterocycles. The maximum absolute atomic E-state index is 13.3. The largest absolute Gasteiger partial charge is 0.496 e. The van der Waals surface area contributed by atoms with E-state index < -0.39 is 5.92 Å². The molecule has 1 unspecified atom stereocenters. The van der Waals surface area contributed by atoms with Gasteiger partial charge in [0.25, 0.3) is 5.92 Å². The number of hydrogen-bond acceptors (Lipinski definition) is 2. The van der Waals surface area contributed by atoms with Gasteiger partial charge in [-0.2, -0.15) is 0 Å². The lowest BCUT2D eigenvalue weighted by atomic mass is 9.99. The van der Waals surface area contributed by atoms with E-state index in [-0.39, 0.29) is 5.56 Å². The molecular formula is C14H19F2NO. The lowest BCUT2D eigenvalue weighted by Gasteiger charge is -2.17. The molecule has 1 heterocycles. The van der Waals surface area contributed by atoms with Gasteiger partial charge < -0.3 is 10.1 Å². The molecule has 1 aromatic rings. The van der Waals surface area contributed by atoms with Crippen LogP contribution in [-0.2, 0) is 12.3 Å². The van der Waals surface area contributed by atoms with Gasteiger partial charge in [0.15, 0.2) is 0 Å². The molecule has 0 spiro atoms. The van der Waals surface area contributed by atoms with Crippen LogP contribution in [0.1, 0.15) is 30.9 Å². The van der Waals surface area contributed by atoms with Gasteiger partial charge in [-0.15, -0.1) is 0 Å². The number of hydrogen-bond donors (Lipinski definition) is 1. The van der Waals surface area contributed by atoms with Crippen molar-refractivity contribution in [1.29, 1.82) is 0 Å². The standard InChI is InChI=1S/C14H19F2NO/c1-14(15,16)11-5-6-13(18-2)10(8-11)9-12-4-3-7-17-12/h5-6,8,12,17H,3-4,7,9H2,1-2H3. The molecule has 2 nitrogen and oxygen atoms in total. The van der Waals surface area contributed by atoms with Crippen LogP contribution in [0.5, 0.6) is 5.75 Å². The van der Waals surface area contributed by atoms with Crippen molar-refractivity contribution in [2.24, 2.45) is 0 Å². The summed E-state index contributed by atoms with van der Waals surface area (Å²) in [6.07, 6.45) is 2.99. The van der Waals surface area contributed by atoms with E-state index in [1.165, 1.54) is 6.07 Å². The van der Waals surface area contributed by atoms with Crippen molar-refractivity contribution < 1.29 is 13.5 Å². The van der Waals surface area contributed by atoms with Gasteiger partial charge in [-0.3, -0.25) is 0 Å². The smallest absolute Gasteiger partial charge is 0.270 e. The molecule has 1 aliphatic rings. The minimum Gasteiger partial charge on any atom is -0.496 e. The molecule has 0 amide bonds. The highest BCUT2D eigenvalue weighted by Gasteiger charge is 2.26. The average Bonchev–Trinajstić information content (AvgIpc) is 2.80. The van der Waals surface area contributed by atoms with Gasteiger partial charge in [0.2, 0.25) is 0 Å². The van der Waals surface area contributed by atoms with Crippen molar-refractivity contribution in [2.75, 3.05) is 13.7 Å². The van der Waals surface area contributed by atoms with Gasteiger partial charge in [0.05, 0.1) is 7.11 Å². The Balaban J connectivity index is 2.24. The van der Waals surface area contributed by atoms with E-state index in [2.05, 4.69) is 5.32 Å². The Bertz CT molecular complexity index is 409. The molecule has 0 radical (unpaired) electrons. The molecule has 1 aromatic carbocycles. The molecule has 0 bridgehead atoms. The molecule has 1 saturated heterocycles. The first-order valence-electron chi connectivity index (χ1n) is 6.29. The first-order valence-corrected chi connectivity index (χ1v) is 6.29. The summed E-state index contributed by atoms with van der Waals surface area (Å²) in [4.78, 5) is 0. The minimum atomic E-state index is -2.80. The number of rotatable bonds is 4. The lowest BCUT2D eigenvalue weighted by Crippen LogP contribution is -2.24. The summed E-state index contributed by atoms with van der Waals surface area (Å²) in [5, 5.41) is 3.37. The maximum Gasteiger partial charge on any atom is 0.270 e. The second-order valence-corrected chi connectivity index (χ2v) is 4.91. The third kappa shape index (κ3) is 2.99. The van der Waals surface area contributed by atoms with Crippen molar-refractivity contribution >= 4 is 0 Å². The minimum absolute atomic E-state index is 0.0521. The number of benzene rings is 1.